The number of carbonyl (C=O) groups excluding carboxylic acids is 4. The molecule has 0 bridgehead atoms. The number of nitrogens with zero attached hydrogens (tertiary/aromatic N) is 6. The van der Waals surface area contributed by atoms with Gasteiger partial charge in [0.2, 0.25) is 17.3 Å². The summed E-state index contributed by atoms with van der Waals surface area (Å²) in [5.41, 5.74) is 4.25. The Morgan fingerprint density at radius 2 is 0.781 bits per heavy atom. The van der Waals surface area contributed by atoms with Crippen LogP contribution in [0.1, 0.15) is 69.3 Å². The average Bonchev–Trinajstić information content (AvgIpc) is 4.05. The van der Waals surface area contributed by atoms with Gasteiger partial charge in [0, 0.05) is 34.9 Å². The smallest absolute Gasteiger partial charge is 0.326 e. The molecular weight excluding hydrogens is 937 g/mol. The van der Waals surface area contributed by atoms with Gasteiger partial charge in [-0.2, -0.15) is 0 Å². The first-order chi connectivity index (χ1) is 35.0. The van der Waals surface area contributed by atoms with E-state index in [1.165, 1.54) is 23.4 Å². The molecule has 0 fully saturated rings. The molecule has 73 heavy (non-hydrogen) atoms. The van der Waals surface area contributed by atoms with Gasteiger partial charge in [0.05, 0.1) is 54.4 Å². The minimum Gasteiger partial charge on any atom is -0.497 e. The second-order valence-electron chi connectivity index (χ2n) is 17.1. The molecular formula is C55H50N6O12. The number of hydrogen-bond acceptors (Lipinski definition) is 13. The summed E-state index contributed by atoms with van der Waals surface area (Å²) in [4.78, 5) is 86.2. The number of fused-ring (bicyclic) bond motifs is 3. The van der Waals surface area contributed by atoms with E-state index in [-0.39, 0.29) is 54.5 Å². The van der Waals surface area contributed by atoms with Crippen molar-refractivity contribution >= 4 is 68.4 Å². The Bertz CT molecular complexity index is 3440. The van der Waals surface area contributed by atoms with Gasteiger partial charge in [0.1, 0.15) is 42.5 Å². The second kappa shape index (κ2) is 22.5. The SMILES string of the molecule is COc1ccc2c(c1)nc(C(=O)c1ccccc1)n2CC(=O)O.COc1ccc2nc(C(=O)c3ccccc3)n(CC(=O)O)c2c1.COc1ccc2nc(C(=O)c3ccccc3)n(CC(=O)OC(C)(C)C)c2c1. The third-order valence-electron chi connectivity index (χ3n) is 10.9. The lowest BCUT2D eigenvalue weighted by Gasteiger charge is -2.20. The fourth-order valence-corrected chi connectivity index (χ4v) is 7.63. The maximum Gasteiger partial charge on any atom is 0.326 e. The lowest BCUT2D eigenvalue weighted by molar-refractivity contribution is -0.155. The van der Waals surface area contributed by atoms with Crippen molar-refractivity contribution in [2.75, 3.05) is 21.3 Å². The Balaban J connectivity index is 0.000000161. The molecule has 0 spiro atoms. The highest BCUT2D eigenvalue weighted by atomic mass is 16.6. The van der Waals surface area contributed by atoms with Crippen molar-refractivity contribution in [1.29, 1.82) is 0 Å². The number of carboxylic acid groups (broad SMARTS) is 2. The molecule has 0 atom stereocenters. The molecule has 372 valence electrons. The highest BCUT2D eigenvalue weighted by Gasteiger charge is 2.25. The topological polar surface area (TPSA) is 233 Å². The van der Waals surface area contributed by atoms with Crippen molar-refractivity contribution in [2.24, 2.45) is 0 Å². The Labute approximate surface area is 418 Å². The molecule has 0 saturated carbocycles. The molecule has 0 aliphatic carbocycles. The van der Waals surface area contributed by atoms with Gasteiger partial charge in [-0.05, 0) is 57.2 Å². The number of rotatable bonds is 15. The standard InChI is InChI=1S/C21H22N2O4.2C17H14N2O4/c1-21(2,3)27-18(24)13-23-17-12-15(26-4)10-11-16(17)22-20(23)19(25)14-8-6-5-7-9-14;1-23-12-7-8-14-13(9-12)18-17(19(14)10-15(20)21)16(22)11-5-3-2-4-6-11;1-23-12-7-8-13-14(9-12)19(10-15(20)21)17(18-13)16(22)11-5-3-2-4-6-11/h5-12H,13H2,1-4H3;2*2-9H,10H2,1H3,(H,20,21). The van der Waals surface area contributed by atoms with Gasteiger partial charge in [0.25, 0.3) is 0 Å². The van der Waals surface area contributed by atoms with Crippen molar-refractivity contribution in [3.63, 3.8) is 0 Å². The van der Waals surface area contributed by atoms with E-state index in [0.29, 0.717) is 67.0 Å². The van der Waals surface area contributed by atoms with E-state index in [1.807, 2.05) is 18.2 Å². The number of esters is 1. The number of carboxylic acids is 2. The third-order valence-corrected chi connectivity index (χ3v) is 10.9. The molecule has 9 rings (SSSR count). The predicted molar refractivity (Wildman–Crippen MR) is 270 cm³/mol. The van der Waals surface area contributed by atoms with Crippen molar-refractivity contribution in [3.05, 3.63) is 180 Å². The van der Waals surface area contributed by atoms with Crippen LogP contribution < -0.4 is 14.2 Å². The maximum atomic E-state index is 13.0. The van der Waals surface area contributed by atoms with Crippen LogP contribution in [-0.2, 0) is 38.8 Å². The maximum absolute atomic E-state index is 13.0. The number of hydrogen-bond donors (Lipinski definition) is 2. The van der Waals surface area contributed by atoms with E-state index in [2.05, 4.69) is 15.0 Å². The number of benzene rings is 6. The molecule has 0 aliphatic heterocycles. The lowest BCUT2D eigenvalue weighted by Crippen LogP contribution is -2.27. The summed E-state index contributed by atoms with van der Waals surface area (Å²) in [6, 6.07) is 41.6. The summed E-state index contributed by atoms with van der Waals surface area (Å²) in [7, 11) is 4.62. The fourth-order valence-electron chi connectivity index (χ4n) is 7.63. The second-order valence-corrected chi connectivity index (χ2v) is 17.1. The monoisotopic (exact) mass is 986 g/mol. The highest BCUT2D eigenvalue weighted by molar-refractivity contribution is 6.10. The Morgan fingerprint density at radius 1 is 0.438 bits per heavy atom. The summed E-state index contributed by atoms with van der Waals surface area (Å²) >= 11 is 0. The normalized spacial score (nSPS) is 10.9. The minimum atomic E-state index is -1.05. The van der Waals surface area contributed by atoms with Gasteiger partial charge in [-0.25, -0.2) is 15.0 Å². The van der Waals surface area contributed by atoms with Crippen LogP contribution in [0.15, 0.2) is 146 Å². The van der Waals surface area contributed by atoms with Crippen molar-refractivity contribution in [1.82, 2.24) is 28.7 Å². The molecule has 3 heterocycles. The van der Waals surface area contributed by atoms with Crippen LogP contribution in [0.5, 0.6) is 17.2 Å². The summed E-state index contributed by atoms with van der Waals surface area (Å²) in [6.07, 6.45) is 0. The zero-order valence-electron chi connectivity index (χ0n) is 40.6. The van der Waals surface area contributed by atoms with Gasteiger partial charge in [-0.15, -0.1) is 0 Å². The van der Waals surface area contributed by atoms with Gasteiger partial charge in [-0.1, -0.05) is 91.0 Å². The van der Waals surface area contributed by atoms with Gasteiger partial charge in [-0.3, -0.25) is 28.8 Å². The van der Waals surface area contributed by atoms with E-state index >= 15 is 0 Å². The van der Waals surface area contributed by atoms with Crippen LogP contribution in [0.3, 0.4) is 0 Å². The number of carbonyl (C=O) groups is 6. The zero-order chi connectivity index (χ0) is 52.4. The Hall–Kier alpha value is -9.45. The van der Waals surface area contributed by atoms with Gasteiger partial charge in [0.15, 0.2) is 17.5 Å². The summed E-state index contributed by atoms with van der Waals surface area (Å²) < 4.78 is 25.4. The van der Waals surface area contributed by atoms with Crippen LogP contribution in [0.4, 0.5) is 0 Å². The first-order valence-electron chi connectivity index (χ1n) is 22.6. The summed E-state index contributed by atoms with van der Waals surface area (Å²) in [6.45, 7) is 4.60. The fraction of sp³-hybridized carbons (Fsp3) is 0.182. The number of ether oxygens (including phenoxy) is 4. The van der Waals surface area contributed by atoms with E-state index in [1.54, 1.807) is 160 Å². The zero-order valence-corrected chi connectivity index (χ0v) is 40.6. The Kier molecular flexibility index (Phi) is 15.9. The highest BCUT2D eigenvalue weighted by Crippen LogP contribution is 2.27. The van der Waals surface area contributed by atoms with Gasteiger partial charge >= 0.3 is 17.9 Å². The van der Waals surface area contributed by atoms with Crippen molar-refractivity contribution < 1.29 is 57.9 Å². The molecule has 2 N–H and O–H groups in total. The molecule has 0 radical (unpaired) electrons. The predicted octanol–water partition coefficient (Wildman–Crippen LogP) is 8.34. The Morgan fingerprint density at radius 3 is 1.15 bits per heavy atom. The first-order valence-corrected chi connectivity index (χ1v) is 22.6. The molecule has 0 aliphatic rings. The molecule has 0 saturated heterocycles. The van der Waals surface area contributed by atoms with E-state index in [9.17, 15) is 28.8 Å². The number of ketones is 3. The van der Waals surface area contributed by atoms with Crippen molar-refractivity contribution in [2.45, 2.75) is 46.0 Å². The molecule has 9 aromatic rings. The largest absolute Gasteiger partial charge is 0.497 e. The van der Waals surface area contributed by atoms with Gasteiger partial charge < -0.3 is 42.9 Å². The molecule has 18 heteroatoms. The van der Waals surface area contributed by atoms with E-state index in [4.69, 9.17) is 29.2 Å². The first kappa shape index (κ1) is 51.4. The molecule has 0 unspecified atom stereocenters. The van der Waals surface area contributed by atoms with Crippen LogP contribution >= 0.6 is 0 Å². The van der Waals surface area contributed by atoms with E-state index < -0.39 is 23.5 Å². The number of imidazole rings is 3. The van der Waals surface area contributed by atoms with Crippen LogP contribution in [-0.4, -0.2) is 101 Å². The number of methoxy groups -OCH3 is 3. The van der Waals surface area contributed by atoms with Crippen LogP contribution in [0.25, 0.3) is 33.1 Å². The quantitative estimate of drug-likeness (QED) is 0.0726. The summed E-state index contributed by atoms with van der Waals surface area (Å²) in [5, 5.41) is 18.3. The summed E-state index contributed by atoms with van der Waals surface area (Å²) in [5.74, 6) is -1.24. The molecule has 18 nitrogen and oxygen atoms in total. The molecule has 6 aromatic carbocycles. The third kappa shape index (κ3) is 12.3. The molecule has 3 aromatic heterocycles. The number of aromatic nitrogens is 6. The average molecular weight is 987 g/mol. The van der Waals surface area contributed by atoms with Crippen LogP contribution in [0.2, 0.25) is 0 Å². The number of aliphatic carboxylic acids is 2. The van der Waals surface area contributed by atoms with E-state index in [0.717, 1.165) is 0 Å². The van der Waals surface area contributed by atoms with Crippen molar-refractivity contribution in [3.8, 4) is 17.2 Å². The van der Waals surface area contributed by atoms with Crippen LogP contribution in [0, 0.1) is 0 Å². The lowest BCUT2D eigenvalue weighted by atomic mass is 10.1. The minimum absolute atomic E-state index is 0.0989. The molecule has 0 amide bonds.